The molecule has 0 aliphatic carbocycles. The molecule has 90 valence electrons. The van der Waals surface area contributed by atoms with E-state index in [4.69, 9.17) is 0 Å². The average molecular weight is 325 g/mol. The van der Waals surface area contributed by atoms with Crippen molar-refractivity contribution < 1.29 is 4.39 Å². The highest BCUT2D eigenvalue weighted by Crippen LogP contribution is 2.28. The molecule has 0 aromatic carbocycles. The fraction of sp³-hybridized carbons (Fsp3) is 0. The first-order chi connectivity index (χ1) is 8.74. The van der Waals surface area contributed by atoms with Gasteiger partial charge < -0.3 is 0 Å². The van der Waals surface area contributed by atoms with Crippen LogP contribution in [-0.4, -0.2) is 19.6 Å². The fourth-order valence-corrected chi connectivity index (χ4v) is 2.53. The van der Waals surface area contributed by atoms with Gasteiger partial charge in [0.1, 0.15) is 5.03 Å². The molecule has 7 heteroatoms. The zero-order valence-corrected chi connectivity index (χ0v) is 11.3. The van der Waals surface area contributed by atoms with Gasteiger partial charge >= 0.3 is 0 Å². The van der Waals surface area contributed by atoms with E-state index < -0.39 is 0 Å². The average Bonchev–Trinajstić information content (AvgIpc) is 2.76. The lowest BCUT2D eigenvalue weighted by Gasteiger charge is -2.00. The van der Waals surface area contributed by atoms with Crippen molar-refractivity contribution in [2.75, 3.05) is 0 Å². The van der Waals surface area contributed by atoms with Gasteiger partial charge in [0.05, 0.1) is 0 Å². The third kappa shape index (κ3) is 2.11. The first-order valence-electron chi connectivity index (χ1n) is 5.03. The van der Waals surface area contributed by atoms with Crippen LogP contribution in [-0.2, 0) is 0 Å². The van der Waals surface area contributed by atoms with E-state index in [1.54, 1.807) is 10.6 Å². The molecule has 0 aliphatic rings. The van der Waals surface area contributed by atoms with E-state index >= 15 is 0 Å². The lowest BCUT2D eigenvalue weighted by Crippen LogP contribution is -1.90. The van der Waals surface area contributed by atoms with E-state index in [0.717, 1.165) is 17.4 Å². The van der Waals surface area contributed by atoms with Crippen LogP contribution in [0.5, 0.6) is 0 Å². The maximum absolute atomic E-state index is 13.7. The van der Waals surface area contributed by atoms with Crippen molar-refractivity contribution in [1.29, 1.82) is 0 Å². The Balaban J connectivity index is 2.01. The topological polar surface area (TPSA) is 43.1 Å². The molecular weight excluding hydrogens is 319 g/mol. The Kier molecular flexibility index (Phi) is 3.00. The lowest BCUT2D eigenvalue weighted by molar-refractivity contribution is 0.586. The summed E-state index contributed by atoms with van der Waals surface area (Å²) in [6.07, 6.45) is 3.38. The second-order valence-corrected chi connectivity index (χ2v) is 5.33. The van der Waals surface area contributed by atoms with Crippen molar-refractivity contribution >= 4 is 33.3 Å². The van der Waals surface area contributed by atoms with Crippen LogP contribution < -0.4 is 0 Å². The van der Waals surface area contributed by atoms with Crippen molar-refractivity contribution in [1.82, 2.24) is 19.6 Å². The highest BCUT2D eigenvalue weighted by Gasteiger charge is 2.11. The summed E-state index contributed by atoms with van der Waals surface area (Å²) >= 11 is 4.31. The van der Waals surface area contributed by atoms with Gasteiger partial charge in [0.25, 0.3) is 0 Å². The fourth-order valence-electron chi connectivity index (χ4n) is 1.45. The molecule has 0 atom stereocenters. The van der Waals surface area contributed by atoms with Crippen LogP contribution in [0.3, 0.4) is 0 Å². The van der Waals surface area contributed by atoms with Gasteiger partial charge in [-0.05, 0) is 45.9 Å². The minimum absolute atomic E-state index is 0.274. The maximum Gasteiger partial charge on any atom is 0.202 e. The minimum atomic E-state index is -0.387. The first-order valence-corrected chi connectivity index (χ1v) is 6.63. The SMILES string of the molecule is Fc1cc(Br)cnc1Sc1nnc2ccccn12. The minimum Gasteiger partial charge on any atom is -0.277 e. The van der Waals surface area contributed by atoms with Gasteiger partial charge in [0.2, 0.25) is 5.16 Å². The molecule has 0 bridgehead atoms. The number of hydrogen-bond donors (Lipinski definition) is 0. The summed E-state index contributed by atoms with van der Waals surface area (Å²) in [5.74, 6) is -0.387. The van der Waals surface area contributed by atoms with Crippen LogP contribution in [0, 0.1) is 5.82 Å². The molecule has 0 radical (unpaired) electrons. The number of halogens is 2. The van der Waals surface area contributed by atoms with Crippen LogP contribution in [0.2, 0.25) is 0 Å². The Hall–Kier alpha value is -1.47. The van der Waals surface area contributed by atoms with Gasteiger partial charge in [-0.2, -0.15) is 0 Å². The number of hydrogen-bond acceptors (Lipinski definition) is 4. The van der Waals surface area contributed by atoms with Crippen LogP contribution in [0.25, 0.3) is 5.65 Å². The van der Waals surface area contributed by atoms with Gasteiger partial charge in [-0.15, -0.1) is 10.2 Å². The molecular formula is C11H6BrFN4S. The Labute approximate surface area is 114 Å². The van der Waals surface area contributed by atoms with Crippen LogP contribution in [0.1, 0.15) is 0 Å². The van der Waals surface area contributed by atoms with Gasteiger partial charge in [-0.3, -0.25) is 4.40 Å². The van der Waals surface area contributed by atoms with E-state index in [-0.39, 0.29) is 10.8 Å². The number of nitrogens with zero attached hydrogens (tertiary/aromatic N) is 4. The molecule has 0 N–H and O–H groups in total. The first kappa shape index (κ1) is 11.6. The summed E-state index contributed by atoms with van der Waals surface area (Å²) < 4.78 is 16.1. The van der Waals surface area contributed by atoms with Crippen LogP contribution in [0.4, 0.5) is 4.39 Å². The molecule has 0 fully saturated rings. The summed E-state index contributed by atoms with van der Waals surface area (Å²) in [6.45, 7) is 0. The molecule has 0 unspecified atom stereocenters. The number of fused-ring (bicyclic) bond motifs is 1. The van der Waals surface area contributed by atoms with E-state index in [0.29, 0.717) is 9.63 Å². The number of aromatic nitrogens is 4. The van der Waals surface area contributed by atoms with Crippen LogP contribution in [0.15, 0.2) is 51.3 Å². The quantitative estimate of drug-likeness (QED) is 0.726. The lowest BCUT2D eigenvalue weighted by atomic mass is 10.5. The second kappa shape index (κ2) is 4.66. The van der Waals surface area contributed by atoms with E-state index in [9.17, 15) is 4.39 Å². The van der Waals surface area contributed by atoms with Gasteiger partial charge in [-0.25, -0.2) is 9.37 Å². The van der Waals surface area contributed by atoms with Crippen molar-refractivity contribution in [2.45, 2.75) is 10.2 Å². The van der Waals surface area contributed by atoms with Crippen molar-refractivity contribution in [3.05, 3.63) is 46.9 Å². The van der Waals surface area contributed by atoms with Crippen molar-refractivity contribution in [3.8, 4) is 0 Å². The van der Waals surface area contributed by atoms with Gasteiger partial charge in [0, 0.05) is 16.9 Å². The number of rotatable bonds is 2. The zero-order chi connectivity index (χ0) is 12.5. The molecule has 18 heavy (non-hydrogen) atoms. The van der Waals surface area contributed by atoms with Crippen LogP contribution >= 0.6 is 27.7 Å². The molecule has 3 heterocycles. The molecule has 0 amide bonds. The third-order valence-corrected chi connectivity index (χ3v) is 3.63. The third-order valence-electron chi connectivity index (χ3n) is 2.24. The summed E-state index contributed by atoms with van der Waals surface area (Å²) in [6, 6.07) is 6.95. The Bertz CT molecular complexity index is 715. The highest BCUT2D eigenvalue weighted by molar-refractivity contribution is 9.10. The monoisotopic (exact) mass is 324 g/mol. The summed E-state index contributed by atoms with van der Waals surface area (Å²) in [4.78, 5) is 4.02. The highest BCUT2D eigenvalue weighted by atomic mass is 79.9. The molecule has 0 saturated heterocycles. The molecule has 3 aromatic rings. The second-order valence-electron chi connectivity index (χ2n) is 3.45. The zero-order valence-electron chi connectivity index (χ0n) is 8.92. The molecule has 0 saturated carbocycles. The largest absolute Gasteiger partial charge is 0.277 e. The number of pyridine rings is 2. The molecule has 3 aromatic heterocycles. The summed E-state index contributed by atoms with van der Waals surface area (Å²) in [7, 11) is 0. The Morgan fingerprint density at radius 3 is 3.00 bits per heavy atom. The van der Waals surface area contributed by atoms with Gasteiger partial charge in [-0.1, -0.05) is 6.07 Å². The van der Waals surface area contributed by atoms with Crippen molar-refractivity contribution in [2.24, 2.45) is 0 Å². The Morgan fingerprint density at radius 1 is 1.28 bits per heavy atom. The summed E-state index contributed by atoms with van der Waals surface area (Å²) in [5, 5.41) is 8.86. The summed E-state index contributed by atoms with van der Waals surface area (Å²) in [5.41, 5.74) is 0.720. The van der Waals surface area contributed by atoms with E-state index in [1.807, 2.05) is 24.4 Å². The smallest absolute Gasteiger partial charge is 0.202 e. The molecule has 3 rings (SSSR count). The molecule has 4 nitrogen and oxygen atoms in total. The Morgan fingerprint density at radius 2 is 2.17 bits per heavy atom. The van der Waals surface area contributed by atoms with E-state index in [2.05, 4.69) is 31.1 Å². The maximum atomic E-state index is 13.7. The van der Waals surface area contributed by atoms with Crippen molar-refractivity contribution in [3.63, 3.8) is 0 Å². The predicted molar refractivity (Wildman–Crippen MR) is 69.0 cm³/mol. The molecule has 0 aliphatic heterocycles. The standard InChI is InChI=1S/C11H6BrFN4S/c12-7-5-8(13)10(14-6-7)18-11-16-15-9-3-1-2-4-17(9)11/h1-6H. The van der Waals surface area contributed by atoms with E-state index in [1.165, 1.54) is 6.07 Å². The van der Waals surface area contributed by atoms with Gasteiger partial charge in [0.15, 0.2) is 11.5 Å². The molecule has 0 spiro atoms. The normalized spacial score (nSPS) is 11.0. The predicted octanol–water partition coefficient (Wildman–Crippen LogP) is 3.18.